The van der Waals surface area contributed by atoms with Gasteiger partial charge in [0, 0.05) is 12.1 Å². The summed E-state index contributed by atoms with van der Waals surface area (Å²) < 4.78 is 0. The van der Waals surface area contributed by atoms with Crippen molar-refractivity contribution in [3.8, 4) is 0 Å². The highest BCUT2D eigenvalue weighted by molar-refractivity contribution is 5.94. The summed E-state index contributed by atoms with van der Waals surface area (Å²) in [5, 5.41) is 21.8. The van der Waals surface area contributed by atoms with E-state index in [9.17, 15) is 9.90 Å². The first kappa shape index (κ1) is 22.0. The Balaban J connectivity index is 0.000000225. The van der Waals surface area contributed by atoms with Crippen LogP contribution in [0, 0.1) is 5.92 Å². The van der Waals surface area contributed by atoms with Crippen LogP contribution in [0.15, 0.2) is 78.9 Å². The normalized spacial score (nSPS) is 17.8. The van der Waals surface area contributed by atoms with Gasteiger partial charge in [-0.25, -0.2) is 0 Å². The standard InChI is InChI=1S/C19H21NO3.C9H8/c21-10-9-20-19(23)14-7-5-13(6-8-14)11-16-12-15-3-1-2-4-17(15)18(16)22;1-2-5-9-7-3-6-8(9)4-1/h1-8,16,18,21-22H,9-12H2,(H,20,23);1-6H,7H2. The molecule has 0 fully saturated rings. The third-order valence-electron chi connectivity index (χ3n) is 6.10. The number of aliphatic hydroxyl groups excluding tert-OH is 2. The van der Waals surface area contributed by atoms with Crippen molar-refractivity contribution >= 4 is 12.0 Å². The molecule has 164 valence electrons. The summed E-state index contributed by atoms with van der Waals surface area (Å²) in [6, 6.07) is 24.0. The minimum absolute atomic E-state index is 0.0655. The van der Waals surface area contributed by atoms with Crippen molar-refractivity contribution in [2.24, 2.45) is 5.92 Å². The molecule has 4 nitrogen and oxygen atoms in total. The lowest BCUT2D eigenvalue weighted by atomic mass is 9.94. The van der Waals surface area contributed by atoms with Crippen LogP contribution >= 0.6 is 0 Å². The first-order valence-corrected chi connectivity index (χ1v) is 11.1. The SMILES string of the molecule is C1=Cc2ccccc2C1.O=C(NCCO)c1ccc(CC2Cc3ccccc3C2O)cc1. The highest BCUT2D eigenvalue weighted by Gasteiger charge is 2.30. The fourth-order valence-electron chi connectivity index (χ4n) is 4.40. The second-order valence-corrected chi connectivity index (χ2v) is 8.29. The van der Waals surface area contributed by atoms with Gasteiger partial charge in [0.05, 0.1) is 12.7 Å². The van der Waals surface area contributed by atoms with Crippen LogP contribution in [0.1, 0.15) is 44.3 Å². The fraction of sp³-hybridized carbons (Fsp3) is 0.250. The van der Waals surface area contributed by atoms with Gasteiger partial charge in [-0.15, -0.1) is 0 Å². The van der Waals surface area contributed by atoms with Gasteiger partial charge in [-0.1, -0.05) is 72.8 Å². The summed E-state index contributed by atoms with van der Waals surface area (Å²) in [5.41, 5.74) is 6.80. The number of amides is 1. The number of nitrogens with one attached hydrogen (secondary N) is 1. The Labute approximate surface area is 189 Å². The quantitative estimate of drug-likeness (QED) is 0.574. The average Bonchev–Trinajstić information content (AvgIpc) is 3.43. The minimum Gasteiger partial charge on any atom is -0.395 e. The number of aliphatic hydroxyl groups is 2. The molecule has 3 N–H and O–H groups in total. The van der Waals surface area contributed by atoms with Crippen molar-refractivity contribution in [2.75, 3.05) is 13.2 Å². The molecule has 0 radical (unpaired) electrons. The molecule has 3 aromatic rings. The summed E-state index contributed by atoms with van der Waals surface area (Å²) in [6.07, 6.45) is 6.75. The first-order chi connectivity index (χ1) is 15.7. The van der Waals surface area contributed by atoms with Gasteiger partial charge >= 0.3 is 0 Å². The van der Waals surface area contributed by atoms with E-state index in [1.54, 1.807) is 12.1 Å². The van der Waals surface area contributed by atoms with E-state index in [-0.39, 0.29) is 25.0 Å². The lowest BCUT2D eigenvalue weighted by Gasteiger charge is -2.15. The number of rotatable bonds is 5. The third kappa shape index (κ3) is 5.16. The van der Waals surface area contributed by atoms with Gasteiger partial charge < -0.3 is 15.5 Å². The molecule has 0 bridgehead atoms. The molecule has 3 aromatic carbocycles. The number of benzene rings is 3. The van der Waals surface area contributed by atoms with Gasteiger partial charge in [0.2, 0.25) is 0 Å². The molecular weight excluding hydrogens is 398 g/mol. The number of fused-ring (bicyclic) bond motifs is 2. The second-order valence-electron chi connectivity index (χ2n) is 8.29. The molecule has 0 saturated carbocycles. The van der Waals surface area contributed by atoms with Gasteiger partial charge in [0.1, 0.15) is 0 Å². The van der Waals surface area contributed by atoms with Crippen molar-refractivity contribution in [2.45, 2.75) is 25.4 Å². The van der Waals surface area contributed by atoms with Crippen molar-refractivity contribution < 1.29 is 15.0 Å². The minimum atomic E-state index is -0.418. The molecule has 0 aromatic heterocycles. The third-order valence-corrected chi connectivity index (χ3v) is 6.10. The molecular formula is C28H29NO3. The van der Waals surface area contributed by atoms with E-state index in [2.05, 4.69) is 47.8 Å². The van der Waals surface area contributed by atoms with Crippen LogP contribution in [0.2, 0.25) is 0 Å². The Morgan fingerprint density at radius 3 is 2.38 bits per heavy atom. The summed E-state index contributed by atoms with van der Waals surface area (Å²) in [5.74, 6) is 0.000344. The van der Waals surface area contributed by atoms with Crippen LogP contribution in [0.25, 0.3) is 6.08 Å². The highest BCUT2D eigenvalue weighted by atomic mass is 16.3. The van der Waals surface area contributed by atoms with Gasteiger partial charge in [-0.05, 0) is 65.1 Å². The largest absolute Gasteiger partial charge is 0.395 e. The molecule has 0 spiro atoms. The van der Waals surface area contributed by atoms with Gasteiger partial charge in [-0.2, -0.15) is 0 Å². The van der Waals surface area contributed by atoms with E-state index >= 15 is 0 Å². The van der Waals surface area contributed by atoms with Gasteiger partial charge in [-0.3, -0.25) is 4.79 Å². The summed E-state index contributed by atoms with van der Waals surface area (Å²) in [4.78, 5) is 11.8. The maximum atomic E-state index is 11.8. The monoisotopic (exact) mass is 427 g/mol. The van der Waals surface area contributed by atoms with E-state index in [0.29, 0.717) is 5.56 Å². The number of carbonyl (C=O) groups excluding carboxylic acids is 1. The first-order valence-electron chi connectivity index (χ1n) is 11.1. The predicted molar refractivity (Wildman–Crippen MR) is 127 cm³/mol. The van der Waals surface area contributed by atoms with Crippen LogP contribution < -0.4 is 5.32 Å². The lowest BCUT2D eigenvalue weighted by Crippen LogP contribution is -2.26. The Kier molecular flexibility index (Phi) is 7.15. The number of hydrogen-bond acceptors (Lipinski definition) is 3. The van der Waals surface area contributed by atoms with Crippen molar-refractivity contribution in [3.05, 3.63) is 112 Å². The van der Waals surface area contributed by atoms with Crippen LogP contribution in [0.5, 0.6) is 0 Å². The van der Waals surface area contributed by atoms with Gasteiger partial charge in [0.15, 0.2) is 0 Å². The number of carbonyl (C=O) groups is 1. The van der Waals surface area contributed by atoms with Crippen LogP contribution in [0.4, 0.5) is 0 Å². The zero-order valence-electron chi connectivity index (χ0n) is 18.1. The molecule has 5 rings (SSSR count). The molecule has 0 saturated heterocycles. The Morgan fingerprint density at radius 2 is 1.66 bits per heavy atom. The second kappa shape index (κ2) is 10.4. The molecule has 2 aliphatic rings. The smallest absolute Gasteiger partial charge is 0.251 e. The summed E-state index contributed by atoms with van der Waals surface area (Å²) >= 11 is 0. The predicted octanol–water partition coefficient (Wildman–Crippen LogP) is 4.11. The summed E-state index contributed by atoms with van der Waals surface area (Å²) in [7, 11) is 0. The fourth-order valence-corrected chi connectivity index (χ4v) is 4.40. The number of hydrogen-bond donors (Lipinski definition) is 3. The molecule has 0 aliphatic heterocycles. The molecule has 32 heavy (non-hydrogen) atoms. The van der Waals surface area contributed by atoms with E-state index in [4.69, 9.17) is 5.11 Å². The molecule has 2 aliphatic carbocycles. The zero-order valence-corrected chi connectivity index (χ0v) is 18.1. The van der Waals surface area contributed by atoms with Crippen LogP contribution in [-0.2, 0) is 19.3 Å². The van der Waals surface area contributed by atoms with E-state index in [0.717, 1.165) is 30.4 Å². The van der Waals surface area contributed by atoms with Crippen molar-refractivity contribution in [1.29, 1.82) is 0 Å². The van der Waals surface area contributed by atoms with Crippen LogP contribution in [-0.4, -0.2) is 29.3 Å². The zero-order chi connectivity index (χ0) is 22.3. The van der Waals surface area contributed by atoms with E-state index < -0.39 is 6.10 Å². The Bertz CT molecular complexity index is 1090. The average molecular weight is 428 g/mol. The van der Waals surface area contributed by atoms with Crippen LogP contribution in [0.3, 0.4) is 0 Å². The van der Waals surface area contributed by atoms with E-state index in [1.807, 2.05) is 30.3 Å². The lowest BCUT2D eigenvalue weighted by molar-refractivity contribution is 0.0944. The van der Waals surface area contributed by atoms with Crippen molar-refractivity contribution in [1.82, 2.24) is 5.32 Å². The maximum Gasteiger partial charge on any atom is 0.251 e. The Hall–Kier alpha value is -3.21. The molecule has 4 heteroatoms. The number of allylic oxidation sites excluding steroid dienone is 1. The molecule has 2 unspecified atom stereocenters. The molecule has 1 amide bonds. The molecule has 2 atom stereocenters. The maximum absolute atomic E-state index is 11.8. The molecule has 0 heterocycles. The van der Waals surface area contributed by atoms with Gasteiger partial charge in [0.25, 0.3) is 5.91 Å². The topological polar surface area (TPSA) is 69.6 Å². The summed E-state index contributed by atoms with van der Waals surface area (Å²) in [6.45, 7) is 0.192. The Morgan fingerprint density at radius 1 is 0.938 bits per heavy atom. The van der Waals surface area contributed by atoms with E-state index in [1.165, 1.54) is 16.7 Å². The highest BCUT2D eigenvalue weighted by Crippen LogP contribution is 2.37. The van der Waals surface area contributed by atoms with Crippen molar-refractivity contribution in [3.63, 3.8) is 0 Å².